The third-order valence-electron chi connectivity index (χ3n) is 4.82. The molecule has 29 heavy (non-hydrogen) atoms. The highest BCUT2D eigenvalue weighted by Gasteiger charge is 2.13. The Balaban J connectivity index is 1.75. The quantitative estimate of drug-likeness (QED) is 0.298. The molecule has 4 heteroatoms. The summed E-state index contributed by atoms with van der Waals surface area (Å²) in [5.41, 5.74) is 5.62. The number of hydrogen-bond donors (Lipinski definition) is 2. The Morgan fingerprint density at radius 3 is 1.31 bits per heavy atom. The Hall–Kier alpha value is -2.56. The summed E-state index contributed by atoms with van der Waals surface area (Å²) in [6, 6.07) is 27.6. The van der Waals surface area contributed by atoms with Gasteiger partial charge in [0.15, 0.2) is 0 Å². The molecule has 4 aromatic rings. The summed E-state index contributed by atoms with van der Waals surface area (Å²) < 4.78 is 1.32. The van der Waals surface area contributed by atoms with Crippen molar-refractivity contribution in [3.8, 4) is 33.8 Å². The zero-order chi connectivity index (χ0) is 20.4. The maximum Gasteiger partial charge on any atom is 0.137 e. The monoisotopic (exact) mass is 508 g/mol. The molecule has 0 aliphatic heterocycles. The van der Waals surface area contributed by atoms with E-state index in [1.807, 2.05) is 84.9 Å². The van der Waals surface area contributed by atoms with Gasteiger partial charge in [-0.1, -0.05) is 60.7 Å². The van der Waals surface area contributed by atoms with Crippen LogP contribution in [0.15, 0.2) is 93.9 Å². The van der Waals surface area contributed by atoms with Crippen molar-refractivity contribution in [2.45, 2.75) is 6.42 Å². The van der Waals surface area contributed by atoms with Gasteiger partial charge >= 0.3 is 0 Å². The smallest absolute Gasteiger partial charge is 0.137 e. The van der Waals surface area contributed by atoms with Crippen LogP contribution in [0, 0.1) is 0 Å². The first-order valence-electron chi connectivity index (χ1n) is 9.16. The topological polar surface area (TPSA) is 40.5 Å². The van der Waals surface area contributed by atoms with Gasteiger partial charge in [-0.15, -0.1) is 0 Å². The van der Waals surface area contributed by atoms with Gasteiger partial charge in [0, 0.05) is 11.1 Å². The third-order valence-corrected chi connectivity index (χ3v) is 6.03. The fraction of sp³-hybridized carbons (Fsp3) is 0.0400. The van der Waals surface area contributed by atoms with E-state index < -0.39 is 0 Å². The minimum absolute atomic E-state index is 0.233. The Morgan fingerprint density at radius 2 is 0.931 bits per heavy atom. The minimum atomic E-state index is 0.233. The number of rotatable bonds is 4. The van der Waals surface area contributed by atoms with Gasteiger partial charge < -0.3 is 10.2 Å². The predicted octanol–water partition coefficient (Wildman–Crippen LogP) is 7.55. The predicted molar refractivity (Wildman–Crippen MR) is 125 cm³/mol. The molecule has 2 N–H and O–H groups in total. The van der Waals surface area contributed by atoms with Crippen molar-refractivity contribution in [2.75, 3.05) is 0 Å². The van der Waals surface area contributed by atoms with E-state index in [9.17, 15) is 10.2 Å². The number of aromatic hydroxyl groups is 2. The van der Waals surface area contributed by atoms with Crippen LogP contribution >= 0.6 is 31.9 Å². The van der Waals surface area contributed by atoms with E-state index in [4.69, 9.17) is 0 Å². The standard InChI is InChI=1S/C25H18Br2O2/c26-22-14-16(12-20(24(22)28)18-7-3-1-4-8-18)11-17-13-21(25(29)23(27)15-17)19-9-5-2-6-10-19/h1-10,12-15,28-29H,11H2. The molecule has 0 heterocycles. The number of phenols is 2. The molecule has 0 saturated carbocycles. The maximum atomic E-state index is 10.5. The molecular weight excluding hydrogens is 492 g/mol. The second-order valence-electron chi connectivity index (χ2n) is 6.86. The molecule has 0 bridgehead atoms. The van der Waals surface area contributed by atoms with Gasteiger partial charge in [0.25, 0.3) is 0 Å². The van der Waals surface area contributed by atoms with Gasteiger partial charge in [0.1, 0.15) is 11.5 Å². The van der Waals surface area contributed by atoms with E-state index >= 15 is 0 Å². The average Bonchev–Trinajstić information content (AvgIpc) is 2.74. The molecule has 0 saturated heterocycles. The van der Waals surface area contributed by atoms with Crippen LogP contribution in [-0.4, -0.2) is 10.2 Å². The van der Waals surface area contributed by atoms with Crippen LogP contribution in [0.4, 0.5) is 0 Å². The second-order valence-corrected chi connectivity index (χ2v) is 8.57. The van der Waals surface area contributed by atoms with E-state index in [1.165, 1.54) is 0 Å². The first-order valence-corrected chi connectivity index (χ1v) is 10.7. The molecule has 4 rings (SSSR count). The number of phenolic OH excluding ortho intramolecular Hbond substituents is 2. The molecule has 144 valence electrons. The lowest BCUT2D eigenvalue weighted by molar-refractivity contribution is 0.473. The number of hydrogen-bond acceptors (Lipinski definition) is 2. The minimum Gasteiger partial charge on any atom is -0.506 e. The highest BCUT2D eigenvalue weighted by molar-refractivity contribution is 9.10. The lowest BCUT2D eigenvalue weighted by Crippen LogP contribution is -1.93. The van der Waals surface area contributed by atoms with Crippen LogP contribution in [0.1, 0.15) is 11.1 Å². The van der Waals surface area contributed by atoms with Gasteiger partial charge in [0.2, 0.25) is 0 Å². The molecule has 0 atom stereocenters. The second kappa shape index (κ2) is 8.44. The summed E-state index contributed by atoms with van der Waals surface area (Å²) in [5, 5.41) is 21.1. The summed E-state index contributed by atoms with van der Waals surface area (Å²) in [6.07, 6.45) is 0.664. The Labute approximate surface area is 186 Å². The molecular formula is C25H18Br2O2. The summed E-state index contributed by atoms with van der Waals surface area (Å²) in [7, 11) is 0. The van der Waals surface area contributed by atoms with Crippen molar-refractivity contribution >= 4 is 31.9 Å². The molecule has 4 aromatic carbocycles. The van der Waals surface area contributed by atoms with E-state index in [2.05, 4.69) is 31.9 Å². The van der Waals surface area contributed by atoms with Gasteiger partial charge in [-0.2, -0.15) is 0 Å². The van der Waals surface area contributed by atoms with Gasteiger partial charge in [-0.3, -0.25) is 0 Å². The highest BCUT2D eigenvalue weighted by Crippen LogP contribution is 2.39. The first kappa shape index (κ1) is 19.7. The molecule has 0 radical (unpaired) electrons. The van der Waals surface area contributed by atoms with Gasteiger partial charge in [-0.05, 0) is 84.8 Å². The SMILES string of the molecule is Oc1c(Br)cc(Cc2cc(Br)c(O)c(-c3ccccc3)c2)cc1-c1ccccc1. The summed E-state index contributed by atoms with van der Waals surface area (Å²) in [5.74, 6) is 0.466. The average molecular weight is 510 g/mol. The lowest BCUT2D eigenvalue weighted by Gasteiger charge is -2.13. The van der Waals surface area contributed by atoms with E-state index in [0.717, 1.165) is 33.4 Å². The Morgan fingerprint density at radius 1 is 0.552 bits per heavy atom. The van der Waals surface area contributed by atoms with Crippen molar-refractivity contribution in [2.24, 2.45) is 0 Å². The molecule has 0 unspecified atom stereocenters. The van der Waals surface area contributed by atoms with Crippen LogP contribution < -0.4 is 0 Å². The van der Waals surface area contributed by atoms with E-state index in [0.29, 0.717) is 15.4 Å². The summed E-state index contributed by atoms with van der Waals surface area (Å²) in [4.78, 5) is 0. The number of benzene rings is 4. The largest absolute Gasteiger partial charge is 0.506 e. The zero-order valence-corrected chi connectivity index (χ0v) is 18.6. The van der Waals surface area contributed by atoms with Crippen LogP contribution in [0.3, 0.4) is 0 Å². The fourth-order valence-electron chi connectivity index (χ4n) is 3.43. The summed E-state index contributed by atoms with van der Waals surface area (Å²) >= 11 is 6.97. The highest BCUT2D eigenvalue weighted by atomic mass is 79.9. The Kier molecular flexibility index (Phi) is 5.74. The fourth-order valence-corrected chi connectivity index (χ4v) is 4.44. The molecule has 0 aliphatic rings. The normalized spacial score (nSPS) is 10.8. The molecule has 0 aromatic heterocycles. The third kappa shape index (κ3) is 4.24. The number of halogens is 2. The van der Waals surface area contributed by atoms with E-state index in [-0.39, 0.29) is 11.5 Å². The van der Waals surface area contributed by atoms with Crippen molar-refractivity contribution < 1.29 is 10.2 Å². The van der Waals surface area contributed by atoms with Crippen molar-refractivity contribution in [3.05, 3.63) is 105 Å². The van der Waals surface area contributed by atoms with Gasteiger partial charge in [0.05, 0.1) is 8.95 Å². The Bertz CT molecular complexity index is 1060. The molecule has 0 amide bonds. The van der Waals surface area contributed by atoms with Crippen LogP contribution in [0.5, 0.6) is 11.5 Å². The zero-order valence-electron chi connectivity index (χ0n) is 15.4. The van der Waals surface area contributed by atoms with Crippen molar-refractivity contribution in [1.82, 2.24) is 0 Å². The molecule has 0 fully saturated rings. The molecule has 2 nitrogen and oxygen atoms in total. The van der Waals surface area contributed by atoms with Crippen molar-refractivity contribution in [3.63, 3.8) is 0 Å². The van der Waals surface area contributed by atoms with Crippen LogP contribution in [0.25, 0.3) is 22.3 Å². The van der Waals surface area contributed by atoms with Gasteiger partial charge in [-0.25, -0.2) is 0 Å². The van der Waals surface area contributed by atoms with E-state index in [1.54, 1.807) is 0 Å². The van der Waals surface area contributed by atoms with Crippen LogP contribution in [-0.2, 0) is 6.42 Å². The molecule has 0 aliphatic carbocycles. The van der Waals surface area contributed by atoms with Crippen LogP contribution in [0.2, 0.25) is 0 Å². The summed E-state index contributed by atoms with van der Waals surface area (Å²) in [6.45, 7) is 0. The maximum absolute atomic E-state index is 10.5. The van der Waals surface area contributed by atoms with Crippen molar-refractivity contribution in [1.29, 1.82) is 0 Å². The first-order chi connectivity index (χ1) is 14.0. The molecule has 0 spiro atoms. The lowest BCUT2D eigenvalue weighted by atomic mass is 9.96.